The van der Waals surface area contributed by atoms with Crippen LogP contribution in [0.5, 0.6) is 0 Å². The zero-order valence-corrected chi connectivity index (χ0v) is 14.7. The minimum absolute atomic E-state index is 0.153. The van der Waals surface area contributed by atoms with E-state index in [9.17, 15) is 8.78 Å². The summed E-state index contributed by atoms with van der Waals surface area (Å²) in [5.41, 5.74) is 8.76. The van der Waals surface area contributed by atoms with E-state index in [2.05, 4.69) is 16.2 Å². The molecule has 1 aromatic carbocycles. The van der Waals surface area contributed by atoms with E-state index in [4.69, 9.17) is 10.5 Å². The van der Waals surface area contributed by atoms with Crippen LogP contribution in [-0.2, 0) is 17.8 Å². The zero-order valence-electron chi connectivity index (χ0n) is 13.9. The molecular weight excluding hydrogens is 346 g/mol. The third-order valence-corrected chi connectivity index (χ3v) is 5.51. The Morgan fingerprint density at radius 1 is 1.32 bits per heavy atom. The Labute approximate surface area is 149 Å². The Morgan fingerprint density at radius 3 is 2.88 bits per heavy atom. The fourth-order valence-electron chi connectivity index (χ4n) is 3.66. The number of hydrogen-bond acceptors (Lipinski definition) is 5. The maximum Gasteiger partial charge on any atom is 0.129 e. The number of nitrogens with two attached hydrogens (primary N) is 1. The van der Waals surface area contributed by atoms with Gasteiger partial charge in [0.25, 0.3) is 0 Å². The fourth-order valence-corrected chi connectivity index (χ4v) is 4.07. The van der Waals surface area contributed by atoms with E-state index in [1.54, 1.807) is 11.9 Å². The highest BCUT2D eigenvalue weighted by atomic mass is 32.2. The first kappa shape index (κ1) is 17.0. The van der Waals surface area contributed by atoms with Crippen molar-refractivity contribution >= 4 is 11.9 Å². The fraction of sp³-hybridized carbons (Fsp3) is 0.471. The van der Waals surface area contributed by atoms with Crippen molar-refractivity contribution in [2.45, 2.75) is 37.7 Å². The van der Waals surface area contributed by atoms with Crippen molar-refractivity contribution in [3.05, 3.63) is 52.9 Å². The highest BCUT2D eigenvalue weighted by molar-refractivity contribution is 7.97. The second kappa shape index (κ2) is 6.68. The van der Waals surface area contributed by atoms with Gasteiger partial charge in [-0.3, -0.25) is 4.90 Å². The lowest BCUT2D eigenvalue weighted by Crippen LogP contribution is -2.47. The summed E-state index contributed by atoms with van der Waals surface area (Å²) < 4.78 is 35.2. The predicted octanol–water partition coefficient (Wildman–Crippen LogP) is 2.46. The molecule has 8 heteroatoms. The van der Waals surface area contributed by atoms with Crippen LogP contribution in [0.4, 0.5) is 8.78 Å². The topological polar surface area (TPSA) is 56.3 Å². The SMILES string of the molecule is CSn1cc2c(n1)CN(C1CO[C@H](c3cc(F)ccc3F)C(N)C1)C2. The Balaban J connectivity index is 1.43. The molecule has 0 saturated carbocycles. The van der Waals surface area contributed by atoms with Gasteiger partial charge in [-0.1, -0.05) is 0 Å². The van der Waals surface area contributed by atoms with Crippen LogP contribution in [0.1, 0.15) is 29.3 Å². The van der Waals surface area contributed by atoms with Crippen molar-refractivity contribution in [3.8, 4) is 0 Å². The zero-order chi connectivity index (χ0) is 17.6. The van der Waals surface area contributed by atoms with Crippen LogP contribution in [0, 0.1) is 11.6 Å². The van der Waals surface area contributed by atoms with Crippen molar-refractivity contribution in [1.29, 1.82) is 0 Å². The molecule has 0 bridgehead atoms. The molecule has 1 fully saturated rings. The number of rotatable bonds is 3. The number of benzene rings is 1. The maximum absolute atomic E-state index is 14.0. The summed E-state index contributed by atoms with van der Waals surface area (Å²) in [5.74, 6) is -0.960. The first-order valence-electron chi connectivity index (χ1n) is 8.23. The Bertz CT molecular complexity index is 761. The molecule has 2 unspecified atom stereocenters. The number of ether oxygens (including phenoxy) is 1. The average molecular weight is 366 g/mol. The molecule has 2 N–H and O–H groups in total. The van der Waals surface area contributed by atoms with Gasteiger partial charge >= 0.3 is 0 Å². The van der Waals surface area contributed by atoms with Gasteiger partial charge < -0.3 is 10.5 Å². The lowest BCUT2D eigenvalue weighted by molar-refractivity contribution is -0.0533. The summed E-state index contributed by atoms with van der Waals surface area (Å²) in [4.78, 5) is 2.29. The molecule has 2 aliphatic heterocycles. The van der Waals surface area contributed by atoms with Gasteiger partial charge in [0, 0.05) is 48.8 Å². The second-order valence-electron chi connectivity index (χ2n) is 6.56. The van der Waals surface area contributed by atoms with E-state index in [1.165, 1.54) is 11.6 Å². The summed E-state index contributed by atoms with van der Waals surface area (Å²) in [6.45, 7) is 2.03. The van der Waals surface area contributed by atoms with Crippen molar-refractivity contribution < 1.29 is 13.5 Å². The number of nitrogens with zero attached hydrogens (tertiary/aromatic N) is 3. The summed E-state index contributed by atoms with van der Waals surface area (Å²) in [6.07, 6.45) is 4.10. The standard InChI is InChI=1S/C17H20F2N4OS/c1-25-23-7-10-6-22(8-16(10)21-23)12-5-15(20)17(24-9-12)13-4-11(18)2-3-14(13)19/h2-4,7,12,15,17H,5-6,8-9,20H2,1H3/t12?,15?,17-/m1/s1. The van der Waals surface area contributed by atoms with E-state index in [0.29, 0.717) is 13.0 Å². The molecule has 134 valence electrons. The molecule has 0 amide bonds. The summed E-state index contributed by atoms with van der Waals surface area (Å²) in [7, 11) is 0. The van der Waals surface area contributed by atoms with E-state index in [0.717, 1.165) is 30.9 Å². The minimum Gasteiger partial charge on any atom is -0.370 e. The van der Waals surface area contributed by atoms with E-state index >= 15 is 0 Å². The van der Waals surface area contributed by atoms with Gasteiger partial charge in [0.05, 0.1) is 12.3 Å². The molecule has 0 spiro atoms. The van der Waals surface area contributed by atoms with E-state index < -0.39 is 17.7 Å². The maximum atomic E-state index is 14.0. The molecule has 0 radical (unpaired) electrons. The number of aromatic nitrogens is 2. The highest BCUT2D eigenvalue weighted by Gasteiger charge is 2.37. The number of hydrogen-bond donors (Lipinski definition) is 1. The van der Waals surface area contributed by atoms with Gasteiger partial charge in [-0.05, 0) is 36.6 Å². The van der Waals surface area contributed by atoms with Crippen LogP contribution in [-0.4, -0.2) is 39.0 Å². The van der Waals surface area contributed by atoms with Crippen LogP contribution < -0.4 is 5.73 Å². The number of halogens is 2. The molecule has 3 heterocycles. The van der Waals surface area contributed by atoms with Gasteiger partial charge in [0.15, 0.2) is 0 Å². The minimum atomic E-state index is -0.613. The quantitative estimate of drug-likeness (QED) is 0.904. The van der Waals surface area contributed by atoms with Crippen LogP contribution in [0.2, 0.25) is 0 Å². The molecule has 2 aliphatic rings. The molecule has 4 rings (SSSR count). The third-order valence-electron chi connectivity index (χ3n) is 4.95. The van der Waals surface area contributed by atoms with Crippen molar-refractivity contribution in [1.82, 2.24) is 14.1 Å². The van der Waals surface area contributed by atoms with E-state index in [1.807, 2.05) is 10.3 Å². The Morgan fingerprint density at radius 2 is 2.16 bits per heavy atom. The lowest BCUT2D eigenvalue weighted by atomic mass is 9.93. The average Bonchev–Trinajstić information content (AvgIpc) is 3.15. The van der Waals surface area contributed by atoms with Crippen LogP contribution >= 0.6 is 11.9 Å². The molecule has 1 saturated heterocycles. The predicted molar refractivity (Wildman–Crippen MR) is 91.8 cm³/mol. The molecular formula is C17H20F2N4OS. The summed E-state index contributed by atoms with van der Waals surface area (Å²) >= 11 is 1.57. The van der Waals surface area contributed by atoms with Crippen molar-refractivity contribution in [3.63, 3.8) is 0 Å². The molecule has 3 atom stereocenters. The third kappa shape index (κ3) is 3.19. The van der Waals surface area contributed by atoms with Crippen molar-refractivity contribution in [2.75, 3.05) is 12.9 Å². The Hall–Kier alpha value is -1.48. The summed E-state index contributed by atoms with van der Waals surface area (Å²) in [6, 6.07) is 3.17. The van der Waals surface area contributed by atoms with Gasteiger partial charge in [-0.2, -0.15) is 5.10 Å². The van der Waals surface area contributed by atoms with Gasteiger partial charge in [0.1, 0.15) is 17.7 Å². The smallest absolute Gasteiger partial charge is 0.129 e. The largest absolute Gasteiger partial charge is 0.370 e. The first-order valence-corrected chi connectivity index (χ1v) is 9.41. The lowest BCUT2D eigenvalue weighted by Gasteiger charge is -2.38. The van der Waals surface area contributed by atoms with Crippen LogP contribution in [0.25, 0.3) is 0 Å². The summed E-state index contributed by atoms with van der Waals surface area (Å²) in [5, 5.41) is 4.53. The molecule has 1 aromatic heterocycles. The Kier molecular flexibility index (Phi) is 4.53. The van der Waals surface area contributed by atoms with Crippen molar-refractivity contribution in [2.24, 2.45) is 5.73 Å². The number of fused-ring (bicyclic) bond motifs is 1. The second-order valence-corrected chi connectivity index (χ2v) is 7.30. The molecule has 2 aromatic rings. The molecule has 5 nitrogen and oxygen atoms in total. The van der Waals surface area contributed by atoms with E-state index in [-0.39, 0.29) is 17.6 Å². The normalized spacial score (nSPS) is 26.8. The van der Waals surface area contributed by atoms with Gasteiger partial charge in [-0.15, -0.1) is 0 Å². The first-order chi connectivity index (χ1) is 12.0. The van der Waals surface area contributed by atoms with Gasteiger partial charge in [0.2, 0.25) is 0 Å². The molecule has 25 heavy (non-hydrogen) atoms. The monoisotopic (exact) mass is 366 g/mol. The van der Waals surface area contributed by atoms with Gasteiger partial charge in [-0.25, -0.2) is 12.9 Å². The van der Waals surface area contributed by atoms with Crippen LogP contribution in [0.3, 0.4) is 0 Å². The highest BCUT2D eigenvalue weighted by Crippen LogP contribution is 2.34. The van der Waals surface area contributed by atoms with Crippen LogP contribution in [0.15, 0.2) is 24.4 Å². The molecule has 0 aliphatic carbocycles.